The van der Waals surface area contributed by atoms with Crippen molar-refractivity contribution in [1.82, 2.24) is 4.98 Å². The second-order valence-corrected chi connectivity index (χ2v) is 6.38. The molecular formula is C16H22ClN3S. The van der Waals surface area contributed by atoms with Crippen molar-refractivity contribution in [3.63, 3.8) is 0 Å². The molecule has 0 saturated carbocycles. The number of aromatic nitrogens is 1. The van der Waals surface area contributed by atoms with E-state index < -0.39 is 0 Å². The van der Waals surface area contributed by atoms with Crippen LogP contribution in [0.1, 0.15) is 41.4 Å². The number of benzene rings is 1. The van der Waals surface area contributed by atoms with Crippen LogP contribution in [-0.4, -0.2) is 18.1 Å². The molecule has 1 aromatic carbocycles. The molecule has 0 aliphatic carbocycles. The van der Waals surface area contributed by atoms with Crippen LogP contribution < -0.4 is 10.6 Å². The topological polar surface area (TPSA) is 42.1 Å². The molecule has 1 atom stereocenters. The molecule has 1 unspecified atom stereocenters. The Morgan fingerprint density at radius 3 is 2.67 bits per heavy atom. The summed E-state index contributed by atoms with van der Waals surface area (Å²) in [5, 5.41) is 2.98. The third kappa shape index (κ3) is 3.57. The lowest BCUT2D eigenvalue weighted by Gasteiger charge is -2.32. The predicted molar refractivity (Wildman–Crippen MR) is 92.6 cm³/mol. The van der Waals surface area contributed by atoms with Crippen molar-refractivity contribution in [3.05, 3.63) is 45.9 Å². The van der Waals surface area contributed by atoms with E-state index in [1.807, 2.05) is 11.6 Å². The normalized spacial score (nSPS) is 16.4. The second kappa shape index (κ2) is 7.25. The lowest BCUT2D eigenvalue weighted by Crippen LogP contribution is -2.31. The summed E-state index contributed by atoms with van der Waals surface area (Å²) in [6.07, 6.45) is 5.73. The minimum Gasteiger partial charge on any atom is -0.371 e. The summed E-state index contributed by atoms with van der Waals surface area (Å²) in [7, 11) is 0. The standard InChI is InChI=1S/C16H21N3S.ClH/c1-12-5-6-13(15(17)16-18-7-10-20-16)14(11-12)19-8-3-2-4-9-19;/h5-7,10-11,15H,2-4,8-9,17H2,1H3;1H. The van der Waals surface area contributed by atoms with E-state index >= 15 is 0 Å². The fourth-order valence-electron chi connectivity index (χ4n) is 2.85. The number of rotatable bonds is 3. The lowest BCUT2D eigenvalue weighted by atomic mass is 10.0. The Bertz CT molecular complexity index is 565. The van der Waals surface area contributed by atoms with Gasteiger partial charge in [-0.3, -0.25) is 0 Å². The Morgan fingerprint density at radius 1 is 1.24 bits per heavy atom. The molecule has 0 radical (unpaired) electrons. The number of thiazole rings is 1. The summed E-state index contributed by atoms with van der Waals surface area (Å²) < 4.78 is 0. The molecule has 21 heavy (non-hydrogen) atoms. The zero-order valence-electron chi connectivity index (χ0n) is 12.3. The Labute approximate surface area is 136 Å². The summed E-state index contributed by atoms with van der Waals surface area (Å²) in [4.78, 5) is 6.86. The minimum atomic E-state index is -0.118. The Hall–Kier alpha value is -1.10. The van der Waals surface area contributed by atoms with Gasteiger partial charge in [-0.2, -0.15) is 0 Å². The highest BCUT2D eigenvalue weighted by atomic mass is 35.5. The molecule has 3 nitrogen and oxygen atoms in total. The molecule has 2 N–H and O–H groups in total. The zero-order chi connectivity index (χ0) is 13.9. The molecule has 1 aliphatic rings. The molecule has 0 bridgehead atoms. The van der Waals surface area contributed by atoms with Crippen LogP contribution in [0.5, 0.6) is 0 Å². The Morgan fingerprint density at radius 2 is 2.00 bits per heavy atom. The fourth-order valence-corrected chi connectivity index (χ4v) is 3.50. The third-order valence-electron chi connectivity index (χ3n) is 3.94. The first kappa shape index (κ1) is 16.3. The maximum atomic E-state index is 6.44. The van der Waals surface area contributed by atoms with Crippen LogP contribution in [0.2, 0.25) is 0 Å². The first-order valence-electron chi connectivity index (χ1n) is 7.26. The van der Waals surface area contributed by atoms with Crippen molar-refractivity contribution in [3.8, 4) is 0 Å². The van der Waals surface area contributed by atoms with Crippen LogP contribution in [0.25, 0.3) is 0 Å². The Kier molecular flexibility index (Phi) is 5.62. The predicted octanol–water partition coefficient (Wildman–Crippen LogP) is 3.91. The molecule has 5 heteroatoms. The Balaban J connectivity index is 0.00000161. The summed E-state index contributed by atoms with van der Waals surface area (Å²) in [5.41, 5.74) is 10.2. The van der Waals surface area contributed by atoms with Crippen LogP contribution in [0.4, 0.5) is 5.69 Å². The maximum absolute atomic E-state index is 6.44. The third-order valence-corrected chi connectivity index (χ3v) is 4.79. The molecule has 1 saturated heterocycles. The van der Waals surface area contributed by atoms with Gasteiger partial charge in [-0.1, -0.05) is 12.1 Å². The van der Waals surface area contributed by atoms with Crippen molar-refractivity contribution >= 4 is 29.4 Å². The first-order valence-corrected chi connectivity index (χ1v) is 8.14. The van der Waals surface area contributed by atoms with Gasteiger partial charge < -0.3 is 10.6 Å². The highest BCUT2D eigenvalue weighted by Crippen LogP contribution is 2.32. The number of hydrogen-bond acceptors (Lipinski definition) is 4. The van der Waals surface area contributed by atoms with E-state index in [0.29, 0.717) is 0 Å². The van der Waals surface area contributed by atoms with Crippen molar-refractivity contribution in [1.29, 1.82) is 0 Å². The smallest absolute Gasteiger partial charge is 0.114 e. The van der Waals surface area contributed by atoms with Gasteiger partial charge in [0, 0.05) is 30.4 Å². The second-order valence-electron chi connectivity index (χ2n) is 5.46. The molecule has 2 aromatic rings. The number of nitrogens with zero attached hydrogens (tertiary/aromatic N) is 2. The SMILES string of the molecule is Cc1ccc(C(N)c2nccs2)c(N2CCCCC2)c1.Cl. The number of hydrogen-bond donors (Lipinski definition) is 1. The molecule has 2 heterocycles. The fraction of sp³-hybridized carbons (Fsp3) is 0.438. The molecule has 1 fully saturated rings. The first-order chi connectivity index (χ1) is 9.75. The van der Waals surface area contributed by atoms with Gasteiger partial charge in [0.1, 0.15) is 5.01 Å². The molecule has 1 aliphatic heterocycles. The van der Waals surface area contributed by atoms with Crippen molar-refractivity contribution in [2.45, 2.75) is 32.2 Å². The number of anilines is 1. The van der Waals surface area contributed by atoms with Crippen LogP contribution in [-0.2, 0) is 0 Å². The van der Waals surface area contributed by atoms with E-state index in [0.717, 1.165) is 18.1 Å². The highest BCUT2D eigenvalue weighted by molar-refractivity contribution is 7.09. The highest BCUT2D eigenvalue weighted by Gasteiger charge is 2.20. The average Bonchev–Trinajstić information content (AvgIpc) is 3.02. The van der Waals surface area contributed by atoms with Crippen LogP contribution >= 0.6 is 23.7 Å². The minimum absolute atomic E-state index is 0. The van der Waals surface area contributed by atoms with Gasteiger partial charge in [0.25, 0.3) is 0 Å². The summed E-state index contributed by atoms with van der Waals surface area (Å²) in [5.74, 6) is 0. The van der Waals surface area contributed by atoms with Crippen molar-refractivity contribution in [2.75, 3.05) is 18.0 Å². The molecule has 0 amide bonds. The lowest BCUT2D eigenvalue weighted by molar-refractivity contribution is 0.575. The summed E-state index contributed by atoms with van der Waals surface area (Å²) in [6.45, 7) is 4.42. The van der Waals surface area contributed by atoms with Gasteiger partial charge in [-0.25, -0.2) is 4.98 Å². The molecule has 0 spiro atoms. The quantitative estimate of drug-likeness (QED) is 0.931. The van der Waals surface area contributed by atoms with E-state index in [-0.39, 0.29) is 18.4 Å². The van der Waals surface area contributed by atoms with Crippen LogP contribution in [0.15, 0.2) is 29.8 Å². The maximum Gasteiger partial charge on any atom is 0.114 e. The van der Waals surface area contributed by atoms with Gasteiger partial charge in [-0.15, -0.1) is 23.7 Å². The van der Waals surface area contributed by atoms with Crippen LogP contribution in [0.3, 0.4) is 0 Å². The van der Waals surface area contributed by atoms with E-state index in [4.69, 9.17) is 5.73 Å². The molecular weight excluding hydrogens is 302 g/mol. The van der Waals surface area contributed by atoms with Crippen molar-refractivity contribution in [2.24, 2.45) is 5.73 Å². The number of nitrogens with two attached hydrogens (primary N) is 1. The zero-order valence-corrected chi connectivity index (χ0v) is 13.9. The average molecular weight is 324 g/mol. The van der Waals surface area contributed by atoms with Gasteiger partial charge >= 0.3 is 0 Å². The molecule has 1 aromatic heterocycles. The number of aryl methyl sites for hydroxylation is 1. The van der Waals surface area contributed by atoms with Gasteiger partial charge in [0.2, 0.25) is 0 Å². The summed E-state index contributed by atoms with van der Waals surface area (Å²) >= 11 is 1.63. The van der Waals surface area contributed by atoms with Gasteiger partial charge in [0.15, 0.2) is 0 Å². The summed E-state index contributed by atoms with van der Waals surface area (Å²) in [6, 6.07) is 6.47. The van der Waals surface area contributed by atoms with Crippen molar-refractivity contribution < 1.29 is 0 Å². The number of halogens is 1. The molecule has 3 rings (SSSR count). The van der Waals surface area contributed by atoms with E-state index in [9.17, 15) is 0 Å². The largest absolute Gasteiger partial charge is 0.371 e. The number of piperidine rings is 1. The monoisotopic (exact) mass is 323 g/mol. The van der Waals surface area contributed by atoms with E-state index in [1.54, 1.807) is 11.3 Å². The van der Waals surface area contributed by atoms with E-state index in [2.05, 4.69) is 35.0 Å². The van der Waals surface area contributed by atoms with Crippen LogP contribution in [0, 0.1) is 6.92 Å². The molecule has 114 valence electrons. The van der Waals surface area contributed by atoms with E-state index in [1.165, 1.54) is 36.1 Å². The van der Waals surface area contributed by atoms with Gasteiger partial charge in [-0.05, 0) is 43.4 Å². The van der Waals surface area contributed by atoms with Gasteiger partial charge in [0.05, 0.1) is 6.04 Å².